The van der Waals surface area contributed by atoms with Gasteiger partial charge in [-0.15, -0.1) is 0 Å². The summed E-state index contributed by atoms with van der Waals surface area (Å²) in [6.45, 7) is 1.67. The molecule has 2 atom stereocenters. The van der Waals surface area contributed by atoms with Crippen LogP contribution in [0.5, 0.6) is 0 Å². The van der Waals surface area contributed by atoms with Crippen LogP contribution in [0.15, 0.2) is 47.4 Å². The van der Waals surface area contributed by atoms with Crippen molar-refractivity contribution in [1.82, 2.24) is 0 Å². The molecule has 0 aliphatic heterocycles. The third-order valence-corrected chi connectivity index (χ3v) is 8.18. The molecule has 0 amide bonds. The number of methoxy groups -OCH3 is 1. The molecule has 0 heterocycles. The molecule has 6 nitrogen and oxygen atoms in total. The number of ether oxygens (including phenoxy) is 1. The molecular formula is C19H20Cl3NO5S2. The van der Waals surface area contributed by atoms with E-state index in [4.69, 9.17) is 34.8 Å². The molecule has 0 saturated heterocycles. The first-order valence-electron chi connectivity index (χ1n) is 8.73. The molecule has 0 N–H and O–H groups in total. The second-order valence-corrected chi connectivity index (χ2v) is 11.0. The summed E-state index contributed by atoms with van der Waals surface area (Å²) in [5, 5.41) is 0.902. The molecule has 0 aromatic heterocycles. The molecular weight excluding hydrogens is 493 g/mol. The van der Waals surface area contributed by atoms with E-state index in [0.717, 1.165) is 4.31 Å². The highest BCUT2D eigenvalue weighted by atomic mass is 35.5. The summed E-state index contributed by atoms with van der Waals surface area (Å²) in [5.74, 6) is -0.754. The van der Waals surface area contributed by atoms with Crippen molar-refractivity contribution in [3.63, 3.8) is 0 Å². The predicted octanol–water partition coefficient (Wildman–Crippen LogP) is 4.54. The van der Waals surface area contributed by atoms with Gasteiger partial charge in [0.1, 0.15) is 5.75 Å². The maximum atomic E-state index is 13.4. The SMILES string of the molecule is COC(=O)CS(=O)CC[C@@H](C)N(c1cc(Cl)ccc1Cl)S(=O)(=O)c1ccc(Cl)cc1. The summed E-state index contributed by atoms with van der Waals surface area (Å²) in [5.41, 5.74) is 0.199. The number of carbonyl (C=O) groups is 1. The van der Waals surface area contributed by atoms with E-state index in [1.54, 1.807) is 13.0 Å². The fraction of sp³-hybridized carbons (Fsp3) is 0.316. The van der Waals surface area contributed by atoms with Crippen molar-refractivity contribution in [1.29, 1.82) is 0 Å². The number of hydrogen-bond donors (Lipinski definition) is 0. The van der Waals surface area contributed by atoms with Crippen LogP contribution in [-0.4, -0.2) is 43.3 Å². The predicted molar refractivity (Wildman–Crippen MR) is 122 cm³/mol. The van der Waals surface area contributed by atoms with Crippen LogP contribution < -0.4 is 4.31 Å². The molecule has 1 unspecified atom stereocenters. The number of sulfonamides is 1. The zero-order valence-corrected chi connectivity index (χ0v) is 20.1. The van der Waals surface area contributed by atoms with E-state index in [2.05, 4.69) is 4.74 Å². The van der Waals surface area contributed by atoms with Gasteiger partial charge in [-0.25, -0.2) is 8.42 Å². The van der Waals surface area contributed by atoms with E-state index in [-0.39, 0.29) is 33.5 Å². The molecule has 2 rings (SSSR count). The van der Waals surface area contributed by atoms with Crippen LogP contribution in [0, 0.1) is 0 Å². The number of halogens is 3. The molecule has 11 heteroatoms. The Morgan fingerprint density at radius 2 is 1.70 bits per heavy atom. The first-order valence-corrected chi connectivity index (χ1v) is 12.8. The Morgan fingerprint density at radius 3 is 2.30 bits per heavy atom. The van der Waals surface area contributed by atoms with Gasteiger partial charge in [-0.05, 0) is 55.8 Å². The van der Waals surface area contributed by atoms with E-state index >= 15 is 0 Å². The van der Waals surface area contributed by atoms with Crippen LogP contribution in [0.4, 0.5) is 5.69 Å². The Kier molecular flexibility index (Phi) is 8.99. The molecule has 0 saturated carbocycles. The fourth-order valence-corrected chi connectivity index (χ4v) is 6.04. The molecule has 0 aliphatic rings. The lowest BCUT2D eigenvalue weighted by Gasteiger charge is -2.31. The number of benzene rings is 2. The van der Waals surface area contributed by atoms with Crippen molar-refractivity contribution < 1.29 is 22.2 Å². The summed E-state index contributed by atoms with van der Waals surface area (Å²) in [6.07, 6.45) is 0.208. The van der Waals surface area contributed by atoms with Crippen LogP contribution in [0.1, 0.15) is 13.3 Å². The van der Waals surface area contributed by atoms with Crippen molar-refractivity contribution in [3.05, 3.63) is 57.5 Å². The molecule has 0 spiro atoms. The van der Waals surface area contributed by atoms with Gasteiger partial charge < -0.3 is 4.74 Å². The summed E-state index contributed by atoms with van der Waals surface area (Å²) < 4.78 is 44.7. The van der Waals surface area contributed by atoms with Gasteiger partial charge in [-0.3, -0.25) is 13.3 Å². The normalized spacial score (nSPS) is 13.5. The minimum absolute atomic E-state index is 0.0190. The lowest BCUT2D eigenvalue weighted by atomic mass is 10.2. The van der Waals surface area contributed by atoms with Crippen LogP contribution in [0.25, 0.3) is 0 Å². The van der Waals surface area contributed by atoms with Crippen molar-refractivity contribution in [3.8, 4) is 0 Å². The lowest BCUT2D eigenvalue weighted by Crippen LogP contribution is -2.40. The Hall–Kier alpha value is -1.32. The Labute approximate surface area is 193 Å². The van der Waals surface area contributed by atoms with E-state index in [0.29, 0.717) is 10.0 Å². The van der Waals surface area contributed by atoms with E-state index in [1.807, 2.05) is 0 Å². The lowest BCUT2D eigenvalue weighted by molar-refractivity contribution is -0.137. The summed E-state index contributed by atoms with van der Waals surface area (Å²) in [4.78, 5) is 11.3. The zero-order chi connectivity index (χ0) is 22.5. The van der Waals surface area contributed by atoms with Gasteiger partial charge >= 0.3 is 5.97 Å². The van der Waals surface area contributed by atoms with Gasteiger partial charge in [0.05, 0.1) is 22.7 Å². The smallest absolute Gasteiger partial charge is 0.318 e. The molecule has 2 aromatic carbocycles. The summed E-state index contributed by atoms with van der Waals surface area (Å²) in [7, 11) is -4.33. The highest BCUT2D eigenvalue weighted by molar-refractivity contribution is 7.93. The van der Waals surface area contributed by atoms with Crippen molar-refractivity contribution in [2.45, 2.75) is 24.3 Å². The minimum Gasteiger partial charge on any atom is -0.468 e. The van der Waals surface area contributed by atoms with Crippen molar-refractivity contribution in [2.75, 3.05) is 22.9 Å². The van der Waals surface area contributed by atoms with E-state index < -0.39 is 32.8 Å². The summed E-state index contributed by atoms with van der Waals surface area (Å²) in [6, 6.07) is 9.62. The maximum absolute atomic E-state index is 13.4. The molecule has 0 radical (unpaired) electrons. The number of rotatable bonds is 9. The Morgan fingerprint density at radius 1 is 1.10 bits per heavy atom. The van der Waals surface area contributed by atoms with Gasteiger partial charge in [0, 0.05) is 32.6 Å². The van der Waals surface area contributed by atoms with Crippen LogP contribution in [0.2, 0.25) is 15.1 Å². The quantitative estimate of drug-likeness (QED) is 0.461. The fourth-order valence-electron chi connectivity index (χ4n) is 2.66. The van der Waals surface area contributed by atoms with Crippen molar-refractivity contribution in [2.24, 2.45) is 0 Å². The zero-order valence-electron chi connectivity index (χ0n) is 16.2. The van der Waals surface area contributed by atoms with Gasteiger partial charge in [0.25, 0.3) is 10.0 Å². The standard InChI is InChI=1S/C19H20Cl3NO5S2/c1-13(9-10-29(25)12-19(24)28-2)23(18-11-15(21)5-8-17(18)22)30(26,27)16-6-3-14(20)4-7-16/h3-8,11,13H,9-10,12H2,1-2H3/t13-,29?/m1/s1. The molecule has 164 valence electrons. The highest BCUT2D eigenvalue weighted by Crippen LogP contribution is 2.35. The number of hydrogen-bond acceptors (Lipinski definition) is 5. The topological polar surface area (TPSA) is 80.8 Å². The monoisotopic (exact) mass is 511 g/mol. The minimum atomic E-state index is -4.04. The number of nitrogens with zero attached hydrogens (tertiary/aromatic N) is 1. The third kappa shape index (κ3) is 6.34. The second-order valence-electron chi connectivity index (χ2n) is 6.35. The van der Waals surface area contributed by atoms with Gasteiger partial charge in [0.15, 0.2) is 0 Å². The average molecular weight is 513 g/mol. The second kappa shape index (κ2) is 10.8. The van der Waals surface area contributed by atoms with Crippen LogP contribution in [0.3, 0.4) is 0 Å². The van der Waals surface area contributed by atoms with Crippen molar-refractivity contribution >= 4 is 67.3 Å². The molecule has 0 aliphatic carbocycles. The third-order valence-electron chi connectivity index (χ3n) is 4.19. The average Bonchev–Trinajstić information content (AvgIpc) is 2.69. The number of anilines is 1. The van der Waals surface area contributed by atoms with E-state index in [1.165, 1.54) is 43.5 Å². The van der Waals surface area contributed by atoms with Gasteiger partial charge in [-0.2, -0.15) is 0 Å². The Balaban J connectivity index is 2.41. The Bertz CT molecular complexity index is 1030. The largest absolute Gasteiger partial charge is 0.468 e. The summed E-state index contributed by atoms with van der Waals surface area (Å²) >= 11 is 18.3. The van der Waals surface area contributed by atoms with Gasteiger partial charge in [-0.1, -0.05) is 34.8 Å². The highest BCUT2D eigenvalue weighted by Gasteiger charge is 2.31. The number of carbonyl (C=O) groups excluding carboxylic acids is 1. The molecule has 0 bridgehead atoms. The van der Waals surface area contributed by atoms with E-state index in [9.17, 15) is 17.4 Å². The first kappa shape index (κ1) is 24.9. The first-order chi connectivity index (χ1) is 14.1. The van der Waals surface area contributed by atoms with Crippen LogP contribution in [-0.2, 0) is 30.4 Å². The van der Waals surface area contributed by atoms with Crippen LogP contribution >= 0.6 is 34.8 Å². The number of esters is 1. The molecule has 30 heavy (non-hydrogen) atoms. The van der Waals surface area contributed by atoms with Gasteiger partial charge in [0.2, 0.25) is 0 Å². The maximum Gasteiger partial charge on any atom is 0.318 e. The molecule has 0 fully saturated rings. The molecule has 2 aromatic rings.